The number of nitrogens with one attached hydrogen (secondary N) is 1. The number of aryl methyl sites for hydroxylation is 2. The Hall–Kier alpha value is -2.67. The molecular formula is C19H24N4O3. The van der Waals surface area contributed by atoms with E-state index in [1.165, 1.54) is 0 Å². The van der Waals surface area contributed by atoms with Crippen LogP contribution < -0.4 is 5.32 Å². The standard InChI is InChI=1S/C19H24N4O3/c1-11(2)23-18-16(10-21-23)15(19(24)20-6-7-25-5)9-17(22-18)14-8-12(3)26-13(14)4/h8-11H,6-7H2,1-5H3,(H,20,24). The van der Waals surface area contributed by atoms with Crippen LogP contribution in [0.4, 0.5) is 0 Å². The van der Waals surface area contributed by atoms with Crippen LogP contribution in [-0.2, 0) is 4.74 Å². The molecule has 0 radical (unpaired) electrons. The minimum atomic E-state index is -0.170. The molecule has 7 nitrogen and oxygen atoms in total. The first-order chi connectivity index (χ1) is 12.4. The van der Waals surface area contributed by atoms with Gasteiger partial charge in [0.2, 0.25) is 0 Å². The molecule has 7 heteroatoms. The summed E-state index contributed by atoms with van der Waals surface area (Å²) in [6, 6.07) is 3.87. The molecule has 1 N–H and O–H groups in total. The zero-order valence-electron chi connectivity index (χ0n) is 15.8. The first-order valence-corrected chi connectivity index (χ1v) is 8.65. The van der Waals surface area contributed by atoms with Gasteiger partial charge in [-0.3, -0.25) is 4.79 Å². The number of methoxy groups -OCH3 is 1. The number of aromatic nitrogens is 3. The van der Waals surface area contributed by atoms with Crippen molar-refractivity contribution in [1.29, 1.82) is 0 Å². The molecule has 0 aromatic carbocycles. The van der Waals surface area contributed by atoms with Gasteiger partial charge >= 0.3 is 0 Å². The van der Waals surface area contributed by atoms with E-state index in [9.17, 15) is 4.79 Å². The monoisotopic (exact) mass is 356 g/mol. The second-order valence-electron chi connectivity index (χ2n) is 6.55. The number of carbonyl (C=O) groups is 1. The summed E-state index contributed by atoms with van der Waals surface area (Å²) >= 11 is 0. The molecule has 26 heavy (non-hydrogen) atoms. The smallest absolute Gasteiger partial charge is 0.252 e. The molecular weight excluding hydrogens is 332 g/mol. The van der Waals surface area contributed by atoms with E-state index in [1.807, 2.05) is 38.4 Å². The SMILES string of the molecule is COCCNC(=O)c1cc(-c2cc(C)oc2C)nc2c1cnn2C(C)C. The Morgan fingerprint density at radius 2 is 2.12 bits per heavy atom. The summed E-state index contributed by atoms with van der Waals surface area (Å²) < 4.78 is 12.5. The Bertz CT molecular complexity index is 940. The number of hydrogen-bond acceptors (Lipinski definition) is 5. The van der Waals surface area contributed by atoms with Crippen molar-refractivity contribution in [2.45, 2.75) is 33.7 Å². The maximum atomic E-state index is 12.7. The number of carbonyl (C=O) groups excluding carboxylic acids is 1. The van der Waals surface area contributed by atoms with Crippen molar-refractivity contribution in [1.82, 2.24) is 20.1 Å². The van der Waals surface area contributed by atoms with Gasteiger partial charge in [-0.05, 0) is 39.8 Å². The van der Waals surface area contributed by atoms with Gasteiger partial charge in [0, 0.05) is 25.3 Å². The number of pyridine rings is 1. The largest absolute Gasteiger partial charge is 0.466 e. The fraction of sp³-hybridized carbons (Fsp3) is 0.421. The van der Waals surface area contributed by atoms with Gasteiger partial charge in [0.05, 0.1) is 29.4 Å². The number of hydrogen-bond donors (Lipinski definition) is 1. The maximum absolute atomic E-state index is 12.7. The molecule has 0 bridgehead atoms. The predicted octanol–water partition coefficient (Wildman–Crippen LogP) is 3.27. The zero-order chi connectivity index (χ0) is 18.8. The van der Waals surface area contributed by atoms with E-state index in [4.69, 9.17) is 14.1 Å². The Morgan fingerprint density at radius 3 is 2.73 bits per heavy atom. The lowest BCUT2D eigenvalue weighted by molar-refractivity contribution is 0.0938. The second-order valence-corrected chi connectivity index (χ2v) is 6.55. The molecule has 3 heterocycles. The number of furan rings is 1. The summed E-state index contributed by atoms with van der Waals surface area (Å²) in [5.74, 6) is 1.41. The molecule has 1 amide bonds. The average Bonchev–Trinajstić information content (AvgIpc) is 3.16. The number of rotatable bonds is 6. The van der Waals surface area contributed by atoms with Crippen molar-refractivity contribution in [2.24, 2.45) is 0 Å². The van der Waals surface area contributed by atoms with Crippen molar-refractivity contribution in [2.75, 3.05) is 20.3 Å². The summed E-state index contributed by atoms with van der Waals surface area (Å²) in [5.41, 5.74) is 2.82. The highest BCUT2D eigenvalue weighted by Crippen LogP contribution is 2.29. The predicted molar refractivity (Wildman–Crippen MR) is 99.3 cm³/mol. The molecule has 0 aliphatic heterocycles. The quantitative estimate of drug-likeness (QED) is 0.686. The van der Waals surface area contributed by atoms with Gasteiger partial charge in [0.1, 0.15) is 11.5 Å². The minimum absolute atomic E-state index is 0.131. The van der Waals surface area contributed by atoms with Crippen molar-refractivity contribution in [3.63, 3.8) is 0 Å². The van der Waals surface area contributed by atoms with Crippen molar-refractivity contribution < 1.29 is 13.9 Å². The van der Waals surface area contributed by atoms with Gasteiger partial charge in [-0.25, -0.2) is 9.67 Å². The molecule has 0 saturated heterocycles. The highest BCUT2D eigenvalue weighted by atomic mass is 16.5. The van der Waals surface area contributed by atoms with Crippen LogP contribution in [0.25, 0.3) is 22.3 Å². The third-order valence-electron chi connectivity index (χ3n) is 4.21. The Labute approximate surface area is 152 Å². The summed E-state index contributed by atoms with van der Waals surface area (Å²) in [4.78, 5) is 17.5. The van der Waals surface area contributed by atoms with Gasteiger partial charge in [-0.2, -0.15) is 5.10 Å². The second kappa shape index (κ2) is 7.29. The van der Waals surface area contributed by atoms with E-state index < -0.39 is 0 Å². The van der Waals surface area contributed by atoms with Gasteiger partial charge in [0.15, 0.2) is 5.65 Å². The topological polar surface area (TPSA) is 82.2 Å². The number of fused-ring (bicyclic) bond motifs is 1. The van der Waals surface area contributed by atoms with Crippen LogP contribution in [0.3, 0.4) is 0 Å². The maximum Gasteiger partial charge on any atom is 0.252 e. The van der Waals surface area contributed by atoms with E-state index in [0.717, 1.165) is 22.5 Å². The third-order valence-corrected chi connectivity index (χ3v) is 4.21. The van der Waals surface area contributed by atoms with Crippen LogP contribution in [0.5, 0.6) is 0 Å². The molecule has 0 aliphatic rings. The van der Waals surface area contributed by atoms with Crippen molar-refractivity contribution in [3.05, 3.63) is 35.4 Å². The fourth-order valence-corrected chi connectivity index (χ4v) is 2.97. The van der Waals surface area contributed by atoms with Gasteiger partial charge < -0.3 is 14.5 Å². The van der Waals surface area contributed by atoms with E-state index >= 15 is 0 Å². The lowest BCUT2D eigenvalue weighted by Crippen LogP contribution is -2.27. The molecule has 0 atom stereocenters. The molecule has 3 rings (SSSR count). The Morgan fingerprint density at radius 1 is 1.35 bits per heavy atom. The average molecular weight is 356 g/mol. The summed E-state index contributed by atoms with van der Waals surface area (Å²) in [7, 11) is 1.60. The van der Waals surface area contributed by atoms with Crippen LogP contribution in [0.15, 0.2) is 22.7 Å². The molecule has 0 unspecified atom stereocenters. The summed E-state index contributed by atoms with van der Waals surface area (Å²) in [6.45, 7) is 8.76. The van der Waals surface area contributed by atoms with Crippen molar-refractivity contribution >= 4 is 16.9 Å². The molecule has 138 valence electrons. The zero-order valence-corrected chi connectivity index (χ0v) is 15.8. The van der Waals surface area contributed by atoms with E-state index in [1.54, 1.807) is 19.4 Å². The van der Waals surface area contributed by atoms with Gasteiger partial charge in [-0.15, -0.1) is 0 Å². The molecule has 0 aliphatic carbocycles. The Kier molecular flexibility index (Phi) is 5.08. The van der Waals surface area contributed by atoms with E-state index in [-0.39, 0.29) is 11.9 Å². The first-order valence-electron chi connectivity index (χ1n) is 8.65. The lowest BCUT2D eigenvalue weighted by Gasteiger charge is -2.10. The molecule has 3 aromatic heterocycles. The van der Waals surface area contributed by atoms with Gasteiger partial charge in [0.25, 0.3) is 5.91 Å². The van der Waals surface area contributed by atoms with E-state index in [0.29, 0.717) is 30.1 Å². The number of amides is 1. The summed E-state index contributed by atoms with van der Waals surface area (Å²) in [6.07, 6.45) is 1.70. The Balaban J connectivity index is 2.15. The van der Waals surface area contributed by atoms with Crippen LogP contribution in [-0.4, -0.2) is 40.9 Å². The molecule has 3 aromatic rings. The molecule has 0 fully saturated rings. The fourth-order valence-electron chi connectivity index (χ4n) is 2.97. The van der Waals surface area contributed by atoms with Gasteiger partial charge in [-0.1, -0.05) is 0 Å². The highest BCUT2D eigenvalue weighted by molar-refractivity contribution is 6.06. The van der Waals surface area contributed by atoms with Crippen LogP contribution in [0.1, 0.15) is 41.8 Å². The van der Waals surface area contributed by atoms with Crippen LogP contribution in [0.2, 0.25) is 0 Å². The lowest BCUT2D eigenvalue weighted by atomic mass is 10.1. The first kappa shape index (κ1) is 18.1. The number of nitrogens with zero attached hydrogens (tertiary/aromatic N) is 3. The minimum Gasteiger partial charge on any atom is -0.466 e. The van der Waals surface area contributed by atoms with Crippen molar-refractivity contribution in [3.8, 4) is 11.3 Å². The van der Waals surface area contributed by atoms with Crippen LogP contribution in [0, 0.1) is 13.8 Å². The molecule has 0 saturated carbocycles. The van der Waals surface area contributed by atoms with E-state index in [2.05, 4.69) is 10.4 Å². The summed E-state index contributed by atoms with van der Waals surface area (Å²) in [5, 5.41) is 8.03. The number of ether oxygens (including phenoxy) is 1. The normalized spacial score (nSPS) is 11.5. The molecule has 0 spiro atoms. The third kappa shape index (κ3) is 3.35. The highest BCUT2D eigenvalue weighted by Gasteiger charge is 2.20. The van der Waals surface area contributed by atoms with Crippen LogP contribution >= 0.6 is 0 Å².